The summed E-state index contributed by atoms with van der Waals surface area (Å²) in [4.78, 5) is 1.60. The first kappa shape index (κ1) is 21.0. The van der Waals surface area contributed by atoms with E-state index in [1.807, 2.05) is 42.5 Å². The molecule has 5 nitrogen and oxygen atoms in total. The van der Waals surface area contributed by atoms with E-state index in [2.05, 4.69) is 13.8 Å². The maximum atomic E-state index is 13.0. The van der Waals surface area contributed by atoms with Crippen LogP contribution in [0.2, 0.25) is 0 Å². The molecule has 0 unspecified atom stereocenters. The van der Waals surface area contributed by atoms with Gasteiger partial charge in [-0.05, 0) is 35.6 Å². The molecule has 0 aromatic heterocycles. The fraction of sp³-hybridized carbons (Fsp3) is 0.455. The van der Waals surface area contributed by atoms with E-state index in [4.69, 9.17) is 0 Å². The van der Waals surface area contributed by atoms with E-state index in [0.29, 0.717) is 43.5 Å². The summed E-state index contributed by atoms with van der Waals surface area (Å²) < 4.78 is 27.5. The largest absolute Gasteiger partial charge is 0.382 e. The van der Waals surface area contributed by atoms with Crippen molar-refractivity contribution in [3.63, 3.8) is 0 Å². The number of aliphatic hydroxyl groups excluding tert-OH is 1. The van der Waals surface area contributed by atoms with Gasteiger partial charge in [-0.2, -0.15) is 4.31 Å². The van der Waals surface area contributed by atoms with Crippen LogP contribution in [0.25, 0.3) is 0 Å². The molecule has 1 aliphatic rings. The maximum Gasteiger partial charge on any atom is 0.243 e. The molecule has 0 saturated carbocycles. The van der Waals surface area contributed by atoms with E-state index < -0.39 is 16.1 Å². The van der Waals surface area contributed by atoms with Gasteiger partial charge in [0.2, 0.25) is 10.0 Å². The quantitative estimate of drug-likeness (QED) is 0.741. The average molecular weight is 404 g/mol. The van der Waals surface area contributed by atoms with Crippen LogP contribution in [0.4, 0.5) is 0 Å². The lowest BCUT2D eigenvalue weighted by atomic mass is 9.99. The second-order valence-electron chi connectivity index (χ2n) is 7.66. The van der Waals surface area contributed by atoms with Crippen molar-refractivity contribution in [2.24, 2.45) is 0 Å². The third-order valence-electron chi connectivity index (χ3n) is 5.80. The van der Waals surface area contributed by atoms with Gasteiger partial charge in [-0.3, -0.25) is 0 Å². The molecule has 3 rings (SSSR count). The van der Waals surface area contributed by atoms with Crippen LogP contribution in [0.1, 0.15) is 43.4 Å². The topological polar surface area (TPSA) is 62.0 Å². The van der Waals surface area contributed by atoms with E-state index >= 15 is 0 Å². The highest BCUT2D eigenvalue weighted by Gasteiger charge is 2.31. The monoisotopic (exact) mass is 403 g/mol. The summed E-state index contributed by atoms with van der Waals surface area (Å²) in [5.41, 5.74) is 2.08. The standard InChI is InChI=1S/C22H30N2O3S/c1-3-18(2)19-9-11-21(12-10-19)28(26,27)24-15-13-23(14-16-24)17-22(25)20-7-5-4-6-8-20/h4-12,18,22,25H,3,13-17H2,1-2H3/p+1/t18-,22+/m0/s1. The molecule has 2 aromatic carbocycles. The van der Waals surface area contributed by atoms with Gasteiger partial charge in [-0.25, -0.2) is 8.42 Å². The number of nitrogens with one attached hydrogen (secondary N) is 1. The smallest absolute Gasteiger partial charge is 0.243 e. The zero-order chi connectivity index (χ0) is 20.1. The summed E-state index contributed by atoms with van der Waals surface area (Å²) >= 11 is 0. The van der Waals surface area contributed by atoms with Crippen molar-refractivity contribution in [3.8, 4) is 0 Å². The normalized spacial score (nSPS) is 18.7. The highest BCUT2D eigenvalue weighted by atomic mass is 32.2. The number of hydrogen-bond acceptors (Lipinski definition) is 3. The van der Waals surface area contributed by atoms with E-state index in [-0.39, 0.29) is 0 Å². The van der Waals surface area contributed by atoms with Gasteiger partial charge < -0.3 is 10.0 Å². The van der Waals surface area contributed by atoms with E-state index in [1.54, 1.807) is 16.4 Å². The van der Waals surface area contributed by atoms with E-state index in [9.17, 15) is 13.5 Å². The van der Waals surface area contributed by atoms with Gasteiger partial charge in [0.15, 0.2) is 0 Å². The number of benzene rings is 2. The Morgan fingerprint density at radius 3 is 2.18 bits per heavy atom. The van der Waals surface area contributed by atoms with Crippen molar-refractivity contribution < 1.29 is 18.4 Å². The Morgan fingerprint density at radius 2 is 1.61 bits per heavy atom. The number of hydrogen-bond donors (Lipinski definition) is 2. The van der Waals surface area contributed by atoms with Crippen LogP contribution in [-0.4, -0.2) is 50.6 Å². The van der Waals surface area contributed by atoms with Crippen molar-refractivity contribution in [3.05, 3.63) is 65.7 Å². The summed E-state index contributed by atoms with van der Waals surface area (Å²) in [6.07, 6.45) is 0.513. The first-order valence-corrected chi connectivity index (χ1v) is 11.5. The Kier molecular flexibility index (Phi) is 6.88. The zero-order valence-corrected chi connectivity index (χ0v) is 17.5. The van der Waals surface area contributed by atoms with Crippen LogP contribution in [-0.2, 0) is 10.0 Å². The molecule has 2 atom stereocenters. The molecule has 1 heterocycles. The number of aliphatic hydroxyl groups is 1. The molecular weight excluding hydrogens is 372 g/mol. The molecule has 2 N–H and O–H groups in total. The Morgan fingerprint density at radius 1 is 1.00 bits per heavy atom. The maximum absolute atomic E-state index is 13.0. The van der Waals surface area contributed by atoms with Crippen LogP contribution >= 0.6 is 0 Å². The Labute approximate surface area is 168 Å². The third-order valence-corrected chi connectivity index (χ3v) is 7.71. The van der Waals surface area contributed by atoms with Crippen LogP contribution in [0, 0.1) is 0 Å². The van der Waals surface area contributed by atoms with Gasteiger partial charge in [-0.15, -0.1) is 0 Å². The molecule has 152 valence electrons. The summed E-state index contributed by atoms with van der Waals surface area (Å²) in [5.74, 6) is 0.431. The molecule has 0 spiro atoms. The predicted molar refractivity (Wildman–Crippen MR) is 111 cm³/mol. The lowest BCUT2D eigenvalue weighted by Gasteiger charge is -2.32. The first-order valence-electron chi connectivity index (χ1n) is 10.1. The summed E-state index contributed by atoms with van der Waals surface area (Å²) in [6.45, 7) is 7.24. The molecule has 0 radical (unpaired) electrons. The van der Waals surface area contributed by atoms with Gasteiger partial charge in [0.25, 0.3) is 0 Å². The predicted octanol–water partition coefficient (Wildman–Crippen LogP) is 1.82. The molecule has 0 amide bonds. The fourth-order valence-electron chi connectivity index (χ4n) is 3.67. The molecule has 0 aliphatic carbocycles. The minimum atomic E-state index is -3.46. The SMILES string of the molecule is CC[C@H](C)c1ccc(S(=O)(=O)N2CC[NH+](C[C@@H](O)c3ccccc3)CC2)cc1. The molecule has 2 aromatic rings. The van der Waals surface area contributed by atoms with Gasteiger partial charge in [0, 0.05) is 0 Å². The summed E-state index contributed by atoms with van der Waals surface area (Å²) in [7, 11) is -3.46. The average Bonchev–Trinajstić information content (AvgIpc) is 2.74. The molecule has 1 aliphatic heterocycles. The second kappa shape index (κ2) is 9.18. The minimum Gasteiger partial charge on any atom is -0.382 e. The summed E-state index contributed by atoms with van der Waals surface area (Å²) in [6, 6.07) is 16.9. The third kappa shape index (κ3) is 4.81. The van der Waals surface area contributed by atoms with Gasteiger partial charge in [0.1, 0.15) is 12.6 Å². The van der Waals surface area contributed by atoms with Crippen molar-refractivity contribution >= 4 is 10.0 Å². The number of piperazine rings is 1. The first-order chi connectivity index (χ1) is 13.4. The number of nitrogens with zero attached hydrogens (tertiary/aromatic N) is 1. The van der Waals surface area contributed by atoms with Crippen LogP contribution < -0.4 is 4.90 Å². The van der Waals surface area contributed by atoms with Gasteiger partial charge >= 0.3 is 0 Å². The van der Waals surface area contributed by atoms with Crippen molar-refractivity contribution in [1.29, 1.82) is 0 Å². The van der Waals surface area contributed by atoms with Crippen molar-refractivity contribution in [2.45, 2.75) is 37.2 Å². The van der Waals surface area contributed by atoms with Gasteiger partial charge in [0.05, 0.1) is 31.1 Å². The van der Waals surface area contributed by atoms with Gasteiger partial charge in [-0.1, -0.05) is 56.3 Å². The highest BCUT2D eigenvalue weighted by molar-refractivity contribution is 7.89. The van der Waals surface area contributed by atoms with Crippen molar-refractivity contribution in [2.75, 3.05) is 32.7 Å². The minimum absolute atomic E-state index is 0.368. The molecule has 0 bridgehead atoms. The molecule has 1 saturated heterocycles. The summed E-state index contributed by atoms with van der Waals surface area (Å²) in [5, 5.41) is 10.4. The lowest BCUT2D eigenvalue weighted by molar-refractivity contribution is -0.907. The zero-order valence-electron chi connectivity index (χ0n) is 16.7. The molecular formula is C22H31N2O3S+. The Hall–Kier alpha value is -1.73. The van der Waals surface area contributed by atoms with Crippen LogP contribution in [0.5, 0.6) is 0 Å². The molecule has 28 heavy (non-hydrogen) atoms. The second-order valence-corrected chi connectivity index (χ2v) is 9.60. The van der Waals surface area contributed by atoms with Crippen molar-refractivity contribution in [1.82, 2.24) is 4.31 Å². The highest BCUT2D eigenvalue weighted by Crippen LogP contribution is 2.22. The number of sulfonamides is 1. The molecule has 1 fully saturated rings. The van der Waals surface area contributed by atoms with E-state index in [0.717, 1.165) is 12.0 Å². The lowest BCUT2D eigenvalue weighted by Crippen LogP contribution is -3.15. The van der Waals surface area contributed by atoms with E-state index in [1.165, 1.54) is 10.5 Å². The van der Waals surface area contributed by atoms with Crippen LogP contribution in [0.3, 0.4) is 0 Å². The Balaban J connectivity index is 1.59. The number of rotatable bonds is 7. The fourth-order valence-corrected chi connectivity index (χ4v) is 5.11. The molecule has 6 heteroatoms. The van der Waals surface area contributed by atoms with Crippen LogP contribution in [0.15, 0.2) is 59.5 Å². The Bertz CT molecular complexity index is 845. The number of quaternary nitrogens is 1.